The number of nitrogens with one attached hydrogen (secondary N) is 1. The zero-order chi connectivity index (χ0) is 14.8. The number of benzene rings is 1. The average Bonchev–Trinajstić information content (AvgIpc) is 3.00. The lowest BCUT2D eigenvalue weighted by atomic mass is 9.98. The Morgan fingerprint density at radius 2 is 1.68 bits per heavy atom. The molecule has 120 valence electrons. The Kier molecular flexibility index (Phi) is 5.86. The van der Waals surface area contributed by atoms with E-state index in [0.717, 1.165) is 43.9 Å². The fourth-order valence-electron chi connectivity index (χ4n) is 2.72. The van der Waals surface area contributed by atoms with Crippen LogP contribution in [0.3, 0.4) is 0 Å². The molecule has 1 aromatic carbocycles. The molecular weight excluding hydrogens is 333 g/mol. The standard InChI is InChI=1S/C15H15F3N2S.ClH/c16-12-7-11(8-13(17)14(12)18)15(10-1-6-21-9-10)20-4-2-19-3-5-20;/h1,6-9,15,19H,2-5H2;1H/t15-;/m0./s1. The lowest BCUT2D eigenvalue weighted by molar-refractivity contribution is 0.198. The minimum Gasteiger partial charge on any atom is -0.314 e. The van der Waals surface area contributed by atoms with Crippen molar-refractivity contribution in [3.63, 3.8) is 0 Å². The van der Waals surface area contributed by atoms with Gasteiger partial charge in [-0.15, -0.1) is 12.4 Å². The number of hydrogen-bond donors (Lipinski definition) is 1. The zero-order valence-electron chi connectivity index (χ0n) is 11.7. The molecule has 3 rings (SSSR count). The van der Waals surface area contributed by atoms with Gasteiger partial charge in [-0.05, 0) is 40.1 Å². The van der Waals surface area contributed by atoms with Crippen LogP contribution in [-0.2, 0) is 0 Å². The van der Waals surface area contributed by atoms with Gasteiger partial charge < -0.3 is 5.32 Å². The Morgan fingerprint density at radius 1 is 1.05 bits per heavy atom. The summed E-state index contributed by atoms with van der Waals surface area (Å²) < 4.78 is 40.3. The molecule has 1 atom stereocenters. The molecule has 1 fully saturated rings. The summed E-state index contributed by atoms with van der Waals surface area (Å²) in [7, 11) is 0. The van der Waals surface area contributed by atoms with Crippen molar-refractivity contribution in [2.75, 3.05) is 26.2 Å². The highest BCUT2D eigenvalue weighted by Gasteiger charge is 2.26. The molecule has 0 radical (unpaired) electrons. The van der Waals surface area contributed by atoms with E-state index < -0.39 is 17.5 Å². The number of rotatable bonds is 3. The molecule has 1 aliphatic rings. The van der Waals surface area contributed by atoms with Gasteiger partial charge in [0.05, 0.1) is 6.04 Å². The minimum absolute atomic E-state index is 0. The van der Waals surface area contributed by atoms with Gasteiger partial charge in [0.2, 0.25) is 0 Å². The monoisotopic (exact) mass is 348 g/mol. The summed E-state index contributed by atoms with van der Waals surface area (Å²) in [5.41, 5.74) is 1.43. The molecule has 0 amide bonds. The number of hydrogen-bond acceptors (Lipinski definition) is 3. The van der Waals surface area contributed by atoms with Gasteiger partial charge in [0.25, 0.3) is 0 Å². The van der Waals surface area contributed by atoms with E-state index in [1.807, 2.05) is 16.8 Å². The van der Waals surface area contributed by atoms with E-state index in [-0.39, 0.29) is 18.4 Å². The summed E-state index contributed by atoms with van der Waals surface area (Å²) in [6.45, 7) is 3.21. The minimum atomic E-state index is -1.41. The Bertz CT molecular complexity index is 592. The van der Waals surface area contributed by atoms with Crippen molar-refractivity contribution in [2.24, 2.45) is 0 Å². The van der Waals surface area contributed by atoms with E-state index in [1.54, 1.807) is 0 Å². The lowest BCUT2D eigenvalue weighted by Crippen LogP contribution is -2.45. The molecule has 7 heteroatoms. The van der Waals surface area contributed by atoms with Gasteiger partial charge in [0, 0.05) is 26.2 Å². The molecule has 0 saturated carbocycles. The van der Waals surface area contributed by atoms with Crippen LogP contribution in [0.4, 0.5) is 13.2 Å². The van der Waals surface area contributed by atoms with E-state index in [1.165, 1.54) is 11.3 Å². The molecule has 0 bridgehead atoms. The molecule has 2 heterocycles. The predicted molar refractivity (Wildman–Crippen MR) is 84.2 cm³/mol. The van der Waals surface area contributed by atoms with E-state index >= 15 is 0 Å². The summed E-state index contributed by atoms with van der Waals surface area (Å²) in [5, 5.41) is 7.15. The quantitative estimate of drug-likeness (QED) is 0.853. The van der Waals surface area contributed by atoms with Gasteiger partial charge in [0.15, 0.2) is 17.5 Å². The van der Waals surface area contributed by atoms with Crippen LogP contribution in [0.1, 0.15) is 17.2 Å². The summed E-state index contributed by atoms with van der Waals surface area (Å²) in [6.07, 6.45) is 0. The first-order valence-corrected chi connectivity index (χ1v) is 7.72. The van der Waals surface area contributed by atoms with E-state index in [4.69, 9.17) is 0 Å². The highest BCUT2D eigenvalue weighted by Crippen LogP contribution is 2.32. The highest BCUT2D eigenvalue weighted by atomic mass is 35.5. The van der Waals surface area contributed by atoms with Gasteiger partial charge in [-0.2, -0.15) is 11.3 Å². The second kappa shape index (κ2) is 7.46. The Labute approximate surface area is 137 Å². The number of halogens is 4. The summed E-state index contributed by atoms with van der Waals surface area (Å²) in [4.78, 5) is 2.16. The second-order valence-electron chi connectivity index (χ2n) is 5.04. The average molecular weight is 349 g/mol. The van der Waals surface area contributed by atoms with E-state index in [0.29, 0.717) is 5.56 Å². The maximum atomic E-state index is 13.6. The topological polar surface area (TPSA) is 15.3 Å². The van der Waals surface area contributed by atoms with Crippen LogP contribution >= 0.6 is 23.7 Å². The SMILES string of the molecule is Cl.Fc1cc([C@H](c2ccsc2)N2CCNCC2)cc(F)c1F. The normalized spacial score (nSPS) is 17.0. The van der Waals surface area contributed by atoms with Crippen LogP contribution in [0.25, 0.3) is 0 Å². The molecule has 22 heavy (non-hydrogen) atoms. The van der Waals surface area contributed by atoms with Crippen LogP contribution in [0.5, 0.6) is 0 Å². The van der Waals surface area contributed by atoms with Crippen LogP contribution in [0.15, 0.2) is 29.0 Å². The van der Waals surface area contributed by atoms with Crippen molar-refractivity contribution in [3.8, 4) is 0 Å². The van der Waals surface area contributed by atoms with Gasteiger partial charge in [-0.1, -0.05) is 0 Å². The fourth-order valence-corrected chi connectivity index (χ4v) is 3.40. The Balaban J connectivity index is 0.00000176. The first-order valence-electron chi connectivity index (χ1n) is 6.78. The third kappa shape index (κ3) is 3.46. The van der Waals surface area contributed by atoms with Crippen LogP contribution < -0.4 is 5.32 Å². The second-order valence-corrected chi connectivity index (χ2v) is 5.82. The number of piperazine rings is 1. The molecule has 2 aromatic rings. The molecule has 0 spiro atoms. The van der Waals surface area contributed by atoms with Crippen molar-refractivity contribution in [1.29, 1.82) is 0 Å². The van der Waals surface area contributed by atoms with Crippen molar-refractivity contribution >= 4 is 23.7 Å². The molecule has 1 N–H and O–H groups in total. The van der Waals surface area contributed by atoms with Gasteiger partial charge in [-0.25, -0.2) is 13.2 Å². The van der Waals surface area contributed by atoms with E-state index in [2.05, 4.69) is 10.2 Å². The third-order valence-electron chi connectivity index (χ3n) is 3.70. The Hall–Kier alpha value is -1.08. The van der Waals surface area contributed by atoms with Gasteiger partial charge in [0.1, 0.15) is 0 Å². The Morgan fingerprint density at radius 3 is 2.23 bits per heavy atom. The first-order chi connectivity index (χ1) is 10.2. The van der Waals surface area contributed by atoms with E-state index in [9.17, 15) is 13.2 Å². The third-order valence-corrected chi connectivity index (χ3v) is 4.40. The van der Waals surface area contributed by atoms with Crippen molar-refractivity contribution in [1.82, 2.24) is 10.2 Å². The largest absolute Gasteiger partial charge is 0.314 e. The van der Waals surface area contributed by atoms with Crippen molar-refractivity contribution in [3.05, 3.63) is 57.5 Å². The van der Waals surface area contributed by atoms with Crippen molar-refractivity contribution < 1.29 is 13.2 Å². The zero-order valence-corrected chi connectivity index (χ0v) is 13.3. The maximum Gasteiger partial charge on any atom is 0.194 e. The maximum absolute atomic E-state index is 13.6. The molecule has 0 unspecified atom stereocenters. The molecule has 1 saturated heterocycles. The van der Waals surface area contributed by atoms with Crippen LogP contribution in [-0.4, -0.2) is 31.1 Å². The lowest BCUT2D eigenvalue weighted by Gasteiger charge is -2.35. The van der Waals surface area contributed by atoms with Crippen LogP contribution in [0.2, 0.25) is 0 Å². The summed E-state index contributed by atoms with van der Waals surface area (Å²) in [5.74, 6) is -3.69. The molecular formula is C15H16ClF3N2S. The van der Waals surface area contributed by atoms with Gasteiger partial charge >= 0.3 is 0 Å². The molecule has 1 aliphatic heterocycles. The molecule has 1 aromatic heterocycles. The summed E-state index contributed by atoms with van der Waals surface area (Å²) >= 11 is 1.53. The molecule has 0 aliphatic carbocycles. The number of nitrogens with zero attached hydrogens (tertiary/aromatic N) is 1. The summed E-state index contributed by atoms with van der Waals surface area (Å²) in [6, 6.07) is 3.89. The smallest absolute Gasteiger partial charge is 0.194 e. The first kappa shape index (κ1) is 17.3. The van der Waals surface area contributed by atoms with Crippen LogP contribution in [0, 0.1) is 17.5 Å². The van der Waals surface area contributed by atoms with Crippen molar-refractivity contribution in [2.45, 2.75) is 6.04 Å². The fraction of sp³-hybridized carbons (Fsp3) is 0.333. The number of thiophene rings is 1. The predicted octanol–water partition coefficient (Wildman–Crippen LogP) is 3.58. The van der Waals surface area contributed by atoms with Gasteiger partial charge in [-0.3, -0.25) is 4.90 Å². The highest BCUT2D eigenvalue weighted by molar-refractivity contribution is 7.08. The molecule has 2 nitrogen and oxygen atoms in total.